The molecule has 4 saturated carbocycles. The van der Waals surface area contributed by atoms with Gasteiger partial charge in [0.1, 0.15) is 18.1 Å². The summed E-state index contributed by atoms with van der Waals surface area (Å²) in [5, 5.41) is 5.80. The van der Waals surface area contributed by atoms with Gasteiger partial charge in [-0.25, -0.2) is 0 Å². The number of hydrazine groups is 1. The number of aldehydes is 1. The van der Waals surface area contributed by atoms with Crippen LogP contribution in [0.15, 0.2) is 11.3 Å². The zero-order chi connectivity index (χ0) is 36.3. The van der Waals surface area contributed by atoms with Gasteiger partial charge in [0.15, 0.2) is 0 Å². The summed E-state index contributed by atoms with van der Waals surface area (Å²) in [6, 6.07) is 0. The number of likely N-dealkylation sites (N-methyl/N-ethyl adjacent to an activating group) is 1. The van der Waals surface area contributed by atoms with Gasteiger partial charge in [0.25, 0.3) is 5.91 Å². The highest BCUT2D eigenvalue weighted by Crippen LogP contribution is 2.68. The molecule has 2 amide bonds. The molecule has 5 aliphatic rings. The average Bonchev–Trinajstić information content (AvgIpc) is 3.42. The average molecular weight is 710 g/mol. The Morgan fingerprint density at radius 3 is 2.56 bits per heavy atom. The summed E-state index contributed by atoms with van der Waals surface area (Å²) < 4.78 is 0. The van der Waals surface area contributed by atoms with Crippen LogP contribution in [0.4, 0.5) is 0 Å². The van der Waals surface area contributed by atoms with Crippen LogP contribution >= 0.6 is 11.8 Å². The molecule has 1 heterocycles. The molecule has 5 rings (SSSR count). The molecule has 5 N–H and O–H groups in total. The molecule has 0 aromatic heterocycles. The molecule has 4 fully saturated rings. The first-order valence-electron chi connectivity index (χ1n) is 19.8. The molecule has 8 nitrogen and oxygen atoms in total. The number of nitrogens with zero attached hydrogens (tertiary/aromatic N) is 1. The molecule has 280 valence electrons. The Morgan fingerprint density at radius 1 is 1.08 bits per heavy atom. The largest absolute Gasteiger partial charge is 0.357 e. The number of amides is 2. The Balaban J connectivity index is 1.17. The quantitative estimate of drug-likeness (QED) is 0.0518. The third-order valence-electron chi connectivity index (χ3n) is 14.7. The fourth-order valence-corrected chi connectivity index (χ4v) is 13.0. The number of terminal acetylenes is 1. The number of hydrogen-bond donors (Lipinski definition) is 4. The lowest BCUT2D eigenvalue weighted by Crippen LogP contribution is -2.54. The molecule has 1 aliphatic heterocycles. The maximum absolute atomic E-state index is 13.8. The Hall–Kier alpha value is -2.02. The van der Waals surface area contributed by atoms with Crippen molar-refractivity contribution < 1.29 is 14.4 Å². The van der Waals surface area contributed by atoms with Crippen molar-refractivity contribution in [2.75, 3.05) is 19.3 Å². The molecule has 0 aromatic rings. The minimum Gasteiger partial charge on any atom is -0.357 e. The molecule has 0 bridgehead atoms. The normalized spacial score (nSPS) is 35.2. The van der Waals surface area contributed by atoms with Gasteiger partial charge >= 0.3 is 0 Å². The van der Waals surface area contributed by atoms with Gasteiger partial charge in [0.2, 0.25) is 5.91 Å². The fourth-order valence-electron chi connectivity index (χ4n) is 11.7. The van der Waals surface area contributed by atoms with E-state index in [0.717, 1.165) is 54.3 Å². The number of thioether (sulfide) groups is 1. The van der Waals surface area contributed by atoms with E-state index in [1.54, 1.807) is 11.8 Å². The molecule has 10 atom stereocenters. The van der Waals surface area contributed by atoms with Gasteiger partial charge in [-0.1, -0.05) is 47.0 Å². The van der Waals surface area contributed by atoms with Crippen LogP contribution in [0.1, 0.15) is 131 Å². The third kappa shape index (κ3) is 7.83. The molecule has 0 radical (unpaired) electrons. The summed E-state index contributed by atoms with van der Waals surface area (Å²) in [6.07, 6.45) is 24.1. The van der Waals surface area contributed by atoms with Crippen molar-refractivity contribution in [1.82, 2.24) is 21.0 Å². The van der Waals surface area contributed by atoms with Gasteiger partial charge < -0.3 is 20.3 Å². The summed E-state index contributed by atoms with van der Waals surface area (Å²) in [6.45, 7) is 11.4. The van der Waals surface area contributed by atoms with Crippen LogP contribution < -0.4 is 21.9 Å². The van der Waals surface area contributed by atoms with Crippen LogP contribution in [-0.2, 0) is 14.4 Å². The van der Waals surface area contributed by atoms with Gasteiger partial charge in [-0.15, -0.1) is 24.1 Å². The zero-order valence-electron chi connectivity index (χ0n) is 32.0. The van der Waals surface area contributed by atoms with Gasteiger partial charge in [-0.3, -0.25) is 20.9 Å². The second-order valence-corrected chi connectivity index (χ2v) is 19.0. The summed E-state index contributed by atoms with van der Waals surface area (Å²) in [5.41, 5.74) is 4.44. The number of nitrogens with one attached hydrogen (secondary N) is 3. The van der Waals surface area contributed by atoms with Crippen molar-refractivity contribution in [3.05, 3.63) is 11.3 Å². The Kier molecular flexibility index (Phi) is 12.8. The predicted octanol–water partition coefficient (Wildman–Crippen LogP) is 6.76. The first-order chi connectivity index (χ1) is 23.8. The number of carbonyl (C=O) groups is 3. The van der Waals surface area contributed by atoms with Crippen LogP contribution in [-0.4, -0.2) is 53.9 Å². The van der Waals surface area contributed by atoms with Crippen molar-refractivity contribution in [2.24, 2.45) is 57.6 Å². The minimum atomic E-state index is -0.707. The van der Waals surface area contributed by atoms with Gasteiger partial charge in [-0.05, 0) is 124 Å². The summed E-state index contributed by atoms with van der Waals surface area (Å²) >= 11 is 1.74. The van der Waals surface area contributed by atoms with E-state index in [4.69, 9.17) is 12.3 Å². The van der Waals surface area contributed by atoms with E-state index in [1.165, 1.54) is 70.6 Å². The number of nitrogens with two attached hydrogens (primary N) is 1. The number of fused-ring (bicyclic) bond motifs is 5. The van der Waals surface area contributed by atoms with Crippen molar-refractivity contribution in [3.8, 4) is 12.3 Å². The smallest absolute Gasteiger partial charge is 0.269 e. The Morgan fingerprint density at radius 2 is 1.84 bits per heavy atom. The van der Waals surface area contributed by atoms with Crippen LogP contribution in [0.5, 0.6) is 0 Å². The molecule has 0 spiro atoms. The highest BCUT2D eigenvalue weighted by Gasteiger charge is 2.59. The minimum absolute atomic E-state index is 0.117. The fraction of sp³-hybridized carbons (Fsp3) is 0.829. The molecule has 0 saturated heterocycles. The van der Waals surface area contributed by atoms with E-state index < -0.39 is 11.6 Å². The van der Waals surface area contributed by atoms with E-state index in [9.17, 15) is 14.4 Å². The second-order valence-electron chi connectivity index (χ2n) is 17.9. The van der Waals surface area contributed by atoms with E-state index in [0.29, 0.717) is 35.2 Å². The van der Waals surface area contributed by atoms with Crippen LogP contribution in [0.25, 0.3) is 0 Å². The number of carbonyl (C=O) groups excluding carboxylic acids is 3. The first-order valence-corrected chi connectivity index (χ1v) is 20.8. The lowest BCUT2D eigenvalue weighted by molar-refractivity contribution is -0.131. The van der Waals surface area contributed by atoms with Crippen molar-refractivity contribution in [1.29, 1.82) is 0 Å². The number of rotatable bonds is 14. The zero-order valence-corrected chi connectivity index (χ0v) is 32.8. The van der Waals surface area contributed by atoms with Crippen molar-refractivity contribution in [3.63, 3.8) is 0 Å². The first kappa shape index (κ1) is 39.2. The SMILES string of the molecule is C#CCC(NC(=O)C1=C(C)CSC(C(C=O)CCCC2CCC3C4CCC5CCCCC5(C)C4CCC23C)N1C)NC(=O)C(C)(C)CCNN. The van der Waals surface area contributed by atoms with Gasteiger partial charge in [-0.2, -0.15) is 0 Å². The van der Waals surface area contributed by atoms with Crippen molar-refractivity contribution >= 4 is 29.9 Å². The molecular weight excluding hydrogens is 643 g/mol. The standard InChI is InChI=1S/C41H67N5O3S/c1-8-12-34(45-38(49)39(3,4)23-24-43-42)44-36(48)35-27(2)26-50-37(46(35)7)28(25-47)13-11-15-30-17-19-32-31-18-16-29-14-9-10-21-40(29,5)33(31)20-22-41(30,32)6/h1,25,28-34,37,43H,9-24,26,42H2,2-7H3,(H,44,48)(H,45,49). The highest BCUT2D eigenvalue weighted by atomic mass is 32.2. The lowest BCUT2D eigenvalue weighted by Gasteiger charge is -2.60. The van der Waals surface area contributed by atoms with Gasteiger partial charge in [0.05, 0.1) is 5.37 Å². The highest BCUT2D eigenvalue weighted by molar-refractivity contribution is 8.00. The predicted molar refractivity (Wildman–Crippen MR) is 204 cm³/mol. The van der Waals surface area contributed by atoms with E-state index in [2.05, 4.69) is 35.8 Å². The van der Waals surface area contributed by atoms with E-state index in [-0.39, 0.29) is 29.5 Å². The maximum atomic E-state index is 13.8. The second kappa shape index (κ2) is 16.3. The van der Waals surface area contributed by atoms with Crippen LogP contribution in [0.3, 0.4) is 0 Å². The molecular formula is C41H67N5O3S. The Bertz CT molecular complexity index is 1310. The summed E-state index contributed by atoms with van der Waals surface area (Å²) in [4.78, 5) is 41.5. The Labute approximate surface area is 307 Å². The van der Waals surface area contributed by atoms with Crippen LogP contribution in [0, 0.1) is 64.1 Å². The van der Waals surface area contributed by atoms with Gasteiger partial charge in [0, 0.05) is 37.1 Å². The lowest BCUT2D eigenvalue weighted by atomic mass is 9.45. The number of hydrogen-bond acceptors (Lipinski definition) is 7. The maximum Gasteiger partial charge on any atom is 0.269 e. The topological polar surface area (TPSA) is 117 Å². The molecule has 0 aromatic carbocycles. The molecule has 4 aliphatic carbocycles. The van der Waals surface area contributed by atoms with Crippen LogP contribution in [0.2, 0.25) is 0 Å². The van der Waals surface area contributed by atoms with E-state index in [1.807, 2.05) is 32.7 Å². The monoisotopic (exact) mass is 709 g/mol. The third-order valence-corrected chi connectivity index (χ3v) is 16.3. The van der Waals surface area contributed by atoms with Crippen molar-refractivity contribution in [2.45, 2.75) is 142 Å². The molecule has 10 unspecified atom stereocenters. The molecule has 50 heavy (non-hydrogen) atoms. The van der Waals surface area contributed by atoms with E-state index >= 15 is 0 Å². The summed E-state index contributed by atoms with van der Waals surface area (Å²) in [5.74, 6) is 12.5. The summed E-state index contributed by atoms with van der Waals surface area (Å²) in [7, 11) is 1.92. The molecule has 9 heteroatoms.